The van der Waals surface area contributed by atoms with Crippen LogP contribution < -0.4 is 5.32 Å². The van der Waals surface area contributed by atoms with Crippen LogP contribution in [0.4, 0.5) is 0 Å². The summed E-state index contributed by atoms with van der Waals surface area (Å²) in [6, 6.07) is 2.51. The Morgan fingerprint density at radius 1 is 1.61 bits per heavy atom. The monoisotopic (exact) mass is 250 g/mol. The van der Waals surface area contributed by atoms with Crippen molar-refractivity contribution in [3.63, 3.8) is 0 Å². The number of hydrogen-bond donors (Lipinski definition) is 2. The SMILES string of the molecule is CNC(c1ccn(CC(C)(C)C(=O)O)c1)C1CC1. The Balaban J connectivity index is 2.08. The number of nitrogens with zero attached hydrogens (tertiary/aromatic N) is 1. The molecule has 18 heavy (non-hydrogen) atoms. The second-order valence-electron chi connectivity index (χ2n) is 5.91. The van der Waals surface area contributed by atoms with Gasteiger partial charge in [-0.15, -0.1) is 0 Å². The van der Waals surface area contributed by atoms with Gasteiger partial charge in [-0.1, -0.05) is 0 Å². The Labute approximate surface area is 108 Å². The molecule has 1 aromatic rings. The molecule has 0 bridgehead atoms. The van der Waals surface area contributed by atoms with Crippen LogP contribution in [0.1, 0.15) is 38.3 Å². The minimum Gasteiger partial charge on any atom is -0.481 e. The molecule has 0 radical (unpaired) electrons. The molecule has 1 saturated carbocycles. The Bertz CT molecular complexity index is 433. The first-order valence-electron chi connectivity index (χ1n) is 6.50. The molecule has 0 amide bonds. The topological polar surface area (TPSA) is 54.3 Å². The van der Waals surface area contributed by atoms with Gasteiger partial charge < -0.3 is 15.0 Å². The third-order valence-electron chi connectivity index (χ3n) is 3.69. The summed E-state index contributed by atoms with van der Waals surface area (Å²) >= 11 is 0. The van der Waals surface area contributed by atoms with E-state index in [9.17, 15) is 4.79 Å². The van der Waals surface area contributed by atoms with E-state index in [1.54, 1.807) is 13.8 Å². The van der Waals surface area contributed by atoms with Gasteiger partial charge in [0.25, 0.3) is 0 Å². The first-order chi connectivity index (χ1) is 8.44. The van der Waals surface area contributed by atoms with Gasteiger partial charge in [0.2, 0.25) is 0 Å². The largest absolute Gasteiger partial charge is 0.481 e. The predicted molar refractivity (Wildman–Crippen MR) is 70.4 cm³/mol. The van der Waals surface area contributed by atoms with Gasteiger partial charge in [0.05, 0.1) is 5.41 Å². The molecule has 2 rings (SSSR count). The quantitative estimate of drug-likeness (QED) is 0.814. The first kappa shape index (κ1) is 13.1. The van der Waals surface area contributed by atoms with Crippen LogP contribution in [0, 0.1) is 11.3 Å². The highest BCUT2D eigenvalue weighted by atomic mass is 16.4. The molecule has 1 fully saturated rings. The van der Waals surface area contributed by atoms with Crippen LogP contribution in [-0.2, 0) is 11.3 Å². The summed E-state index contributed by atoms with van der Waals surface area (Å²) in [5.74, 6) is -0.0107. The molecule has 1 aliphatic rings. The number of carboxylic acids is 1. The van der Waals surface area contributed by atoms with Crippen molar-refractivity contribution in [2.75, 3.05) is 7.05 Å². The van der Waals surface area contributed by atoms with E-state index >= 15 is 0 Å². The van der Waals surface area contributed by atoms with Crippen molar-refractivity contribution in [1.82, 2.24) is 9.88 Å². The maximum absolute atomic E-state index is 11.1. The second kappa shape index (κ2) is 4.76. The van der Waals surface area contributed by atoms with E-state index in [0.717, 1.165) is 5.92 Å². The van der Waals surface area contributed by atoms with E-state index in [4.69, 9.17) is 5.11 Å². The van der Waals surface area contributed by atoms with Crippen LogP contribution in [-0.4, -0.2) is 22.7 Å². The number of carboxylic acid groups (broad SMARTS) is 1. The highest BCUT2D eigenvalue weighted by molar-refractivity contribution is 5.73. The van der Waals surface area contributed by atoms with Crippen LogP contribution in [0.2, 0.25) is 0 Å². The van der Waals surface area contributed by atoms with Gasteiger partial charge in [-0.25, -0.2) is 0 Å². The molecule has 1 atom stereocenters. The number of aliphatic carboxylic acids is 1. The highest BCUT2D eigenvalue weighted by Crippen LogP contribution is 2.40. The first-order valence-corrected chi connectivity index (χ1v) is 6.50. The molecule has 4 heteroatoms. The van der Waals surface area contributed by atoms with Crippen LogP contribution in [0.25, 0.3) is 0 Å². The standard InChI is InChI=1S/C14H22N2O2/c1-14(2,13(17)18)9-16-7-6-11(8-16)12(15-3)10-4-5-10/h6-8,10,12,15H,4-5,9H2,1-3H3,(H,17,18). The average molecular weight is 250 g/mol. The van der Waals surface area contributed by atoms with Crippen LogP contribution in [0.3, 0.4) is 0 Å². The van der Waals surface area contributed by atoms with Gasteiger partial charge in [0.15, 0.2) is 0 Å². The molecule has 0 aromatic carbocycles. The lowest BCUT2D eigenvalue weighted by atomic mass is 9.94. The van der Waals surface area contributed by atoms with Crippen molar-refractivity contribution in [1.29, 1.82) is 0 Å². The number of aromatic nitrogens is 1. The average Bonchev–Trinajstić information content (AvgIpc) is 3.01. The molecule has 100 valence electrons. The highest BCUT2D eigenvalue weighted by Gasteiger charge is 2.32. The minimum absolute atomic E-state index is 0.416. The third kappa shape index (κ3) is 2.75. The molecule has 4 nitrogen and oxygen atoms in total. The van der Waals surface area contributed by atoms with Gasteiger partial charge in [-0.2, -0.15) is 0 Å². The van der Waals surface area contributed by atoms with Crippen molar-refractivity contribution in [2.24, 2.45) is 11.3 Å². The molecule has 1 aliphatic carbocycles. The maximum Gasteiger partial charge on any atom is 0.310 e. The fourth-order valence-corrected chi connectivity index (χ4v) is 2.37. The zero-order valence-electron chi connectivity index (χ0n) is 11.3. The van der Waals surface area contributed by atoms with Gasteiger partial charge in [0.1, 0.15) is 0 Å². The summed E-state index contributed by atoms with van der Waals surface area (Å²) in [5, 5.41) is 12.5. The Morgan fingerprint density at radius 3 is 2.78 bits per heavy atom. The molecular weight excluding hydrogens is 228 g/mol. The lowest BCUT2D eigenvalue weighted by molar-refractivity contribution is -0.147. The fourth-order valence-electron chi connectivity index (χ4n) is 2.37. The molecule has 1 heterocycles. The lowest BCUT2D eigenvalue weighted by Gasteiger charge is -2.20. The van der Waals surface area contributed by atoms with Crippen molar-refractivity contribution < 1.29 is 9.90 Å². The van der Waals surface area contributed by atoms with Gasteiger partial charge in [-0.3, -0.25) is 4.79 Å². The molecule has 1 unspecified atom stereocenters. The van der Waals surface area contributed by atoms with E-state index in [1.807, 2.05) is 17.8 Å². The molecule has 1 aromatic heterocycles. The minimum atomic E-state index is -0.759. The van der Waals surface area contributed by atoms with E-state index in [2.05, 4.69) is 17.6 Å². The van der Waals surface area contributed by atoms with E-state index in [-0.39, 0.29) is 0 Å². The maximum atomic E-state index is 11.1. The normalized spacial score (nSPS) is 17.7. The Morgan fingerprint density at radius 2 is 2.28 bits per heavy atom. The van der Waals surface area contributed by atoms with E-state index in [0.29, 0.717) is 12.6 Å². The molecule has 0 aliphatic heterocycles. The fraction of sp³-hybridized carbons (Fsp3) is 0.643. The summed E-state index contributed by atoms with van der Waals surface area (Å²) in [6.07, 6.45) is 6.63. The molecule has 0 saturated heterocycles. The molecule has 2 N–H and O–H groups in total. The Kier molecular flexibility index (Phi) is 3.48. The zero-order valence-corrected chi connectivity index (χ0v) is 11.3. The number of carbonyl (C=O) groups is 1. The third-order valence-corrected chi connectivity index (χ3v) is 3.69. The van der Waals surface area contributed by atoms with Crippen LogP contribution in [0.5, 0.6) is 0 Å². The summed E-state index contributed by atoms with van der Waals surface area (Å²) < 4.78 is 1.98. The summed E-state index contributed by atoms with van der Waals surface area (Å²) in [4.78, 5) is 11.1. The number of rotatable bonds is 6. The summed E-state index contributed by atoms with van der Waals surface area (Å²) in [5.41, 5.74) is 0.534. The van der Waals surface area contributed by atoms with Gasteiger partial charge >= 0.3 is 5.97 Å². The number of hydrogen-bond acceptors (Lipinski definition) is 2. The second-order valence-corrected chi connectivity index (χ2v) is 5.91. The van der Waals surface area contributed by atoms with Crippen molar-refractivity contribution in [2.45, 2.75) is 39.3 Å². The predicted octanol–water partition coefficient (Wildman–Crippen LogP) is 2.27. The number of nitrogens with one attached hydrogen (secondary N) is 1. The summed E-state index contributed by atoms with van der Waals surface area (Å²) in [7, 11) is 1.99. The lowest BCUT2D eigenvalue weighted by Crippen LogP contribution is -2.28. The molecular formula is C14H22N2O2. The summed E-state index contributed by atoms with van der Waals surface area (Å²) in [6.45, 7) is 4.01. The van der Waals surface area contributed by atoms with Gasteiger partial charge in [-0.05, 0) is 51.3 Å². The van der Waals surface area contributed by atoms with E-state index in [1.165, 1.54) is 18.4 Å². The van der Waals surface area contributed by atoms with Gasteiger partial charge in [0, 0.05) is 25.0 Å². The Hall–Kier alpha value is -1.29. The van der Waals surface area contributed by atoms with E-state index < -0.39 is 11.4 Å². The van der Waals surface area contributed by atoms with Crippen LogP contribution in [0.15, 0.2) is 18.5 Å². The smallest absolute Gasteiger partial charge is 0.310 e. The van der Waals surface area contributed by atoms with Crippen molar-refractivity contribution >= 4 is 5.97 Å². The van der Waals surface area contributed by atoms with Crippen molar-refractivity contribution in [3.8, 4) is 0 Å². The zero-order chi connectivity index (χ0) is 13.3. The van der Waals surface area contributed by atoms with Crippen LogP contribution >= 0.6 is 0 Å². The molecule has 0 spiro atoms. The van der Waals surface area contributed by atoms with Crippen molar-refractivity contribution in [3.05, 3.63) is 24.0 Å².